The van der Waals surface area contributed by atoms with Gasteiger partial charge in [0.25, 0.3) is 0 Å². The summed E-state index contributed by atoms with van der Waals surface area (Å²) >= 11 is 0. The van der Waals surface area contributed by atoms with Gasteiger partial charge in [0.1, 0.15) is 5.75 Å². The monoisotopic (exact) mass is 292 g/mol. The molecule has 1 atom stereocenters. The molecule has 0 heterocycles. The molecule has 1 unspecified atom stereocenters. The first-order chi connectivity index (χ1) is 10.2. The Bertz CT molecular complexity index is 446. The van der Waals surface area contributed by atoms with Crippen molar-refractivity contribution < 1.29 is 9.84 Å². The largest absolute Gasteiger partial charge is 0.496 e. The Hall–Kier alpha value is -1.26. The van der Waals surface area contributed by atoms with Crippen molar-refractivity contribution in [3.63, 3.8) is 0 Å². The summed E-state index contributed by atoms with van der Waals surface area (Å²) in [6.07, 6.45) is 3.54. The van der Waals surface area contributed by atoms with Crippen LogP contribution in [0, 0.1) is 0 Å². The fourth-order valence-corrected chi connectivity index (χ4v) is 2.85. The third-order valence-electron chi connectivity index (χ3n) is 4.03. The summed E-state index contributed by atoms with van der Waals surface area (Å²) in [4.78, 5) is 2.34. The Balaban J connectivity index is 2.34. The molecular formula is C17H28N2O2. The Kier molecular flexibility index (Phi) is 5.88. The lowest BCUT2D eigenvalue weighted by molar-refractivity contribution is 0.301. The Labute approximate surface area is 128 Å². The second-order valence-electron chi connectivity index (χ2n) is 5.72. The number of anilines is 1. The maximum absolute atomic E-state index is 9.38. The van der Waals surface area contributed by atoms with E-state index < -0.39 is 0 Å². The van der Waals surface area contributed by atoms with E-state index in [-0.39, 0.29) is 12.6 Å². The number of hydrogen-bond donors (Lipinski definition) is 2. The quantitative estimate of drug-likeness (QED) is 0.734. The van der Waals surface area contributed by atoms with Crippen molar-refractivity contribution in [1.29, 1.82) is 0 Å². The van der Waals surface area contributed by atoms with E-state index >= 15 is 0 Å². The number of nitrogens with zero attached hydrogens (tertiary/aromatic N) is 1. The van der Waals surface area contributed by atoms with Crippen LogP contribution in [0.2, 0.25) is 0 Å². The molecule has 0 saturated heterocycles. The molecule has 1 aromatic rings. The fourth-order valence-electron chi connectivity index (χ4n) is 2.85. The molecule has 0 aliphatic heterocycles. The number of ether oxygens (including phenoxy) is 1. The summed E-state index contributed by atoms with van der Waals surface area (Å²) < 4.78 is 5.59. The maximum Gasteiger partial charge on any atom is 0.125 e. The predicted octanol–water partition coefficient (Wildman–Crippen LogP) is 2.72. The molecule has 1 aliphatic carbocycles. The van der Waals surface area contributed by atoms with Crippen LogP contribution in [0.5, 0.6) is 5.75 Å². The first-order valence-electron chi connectivity index (χ1n) is 8.00. The van der Waals surface area contributed by atoms with Crippen LogP contribution in [0.25, 0.3) is 0 Å². The highest BCUT2D eigenvalue weighted by Gasteiger charge is 2.31. The average Bonchev–Trinajstić information content (AvgIpc) is 3.34. The second kappa shape index (κ2) is 7.66. The normalized spacial score (nSPS) is 15.8. The Morgan fingerprint density at radius 3 is 2.76 bits per heavy atom. The van der Waals surface area contributed by atoms with E-state index in [1.807, 2.05) is 12.1 Å². The highest BCUT2D eigenvalue weighted by molar-refractivity contribution is 5.62. The predicted molar refractivity (Wildman–Crippen MR) is 87.2 cm³/mol. The molecule has 2 N–H and O–H groups in total. The minimum atomic E-state index is 0.184. The van der Waals surface area contributed by atoms with Crippen LogP contribution in [-0.4, -0.2) is 38.0 Å². The van der Waals surface area contributed by atoms with Gasteiger partial charge in [-0.2, -0.15) is 0 Å². The first-order valence-corrected chi connectivity index (χ1v) is 8.00. The average molecular weight is 292 g/mol. The van der Waals surface area contributed by atoms with Gasteiger partial charge in [-0.25, -0.2) is 0 Å². The summed E-state index contributed by atoms with van der Waals surface area (Å²) in [6, 6.07) is 7.01. The van der Waals surface area contributed by atoms with E-state index in [2.05, 4.69) is 30.1 Å². The number of aliphatic hydroxyl groups is 1. The number of rotatable bonds is 9. The number of aliphatic hydroxyl groups excluding tert-OH is 1. The van der Waals surface area contributed by atoms with E-state index in [4.69, 9.17) is 4.74 Å². The standard InChI is InChI=1S/C17H28N2O2/c1-4-10-18-13(2)17-15(6-5-7-16(17)21-3)19(11-12-20)14-8-9-14/h5-7,13-14,18,20H,4,8-12H2,1-3H3. The van der Waals surface area contributed by atoms with Crippen LogP contribution in [0.3, 0.4) is 0 Å². The van der Waals surface area contributed by atoms with E-state index in [1.165, 1.54) is 24.1 Å². The van der Waals surface area contributed by atoms with Gasteiger partial charge < -0.3 is 20.1 Å². The molecule has 0 aromatic heterocycles. The molecule has 0 bridgehead atoms. The van der Waals surface area contributed by atoms with Gasteiger partial charge in [0.15, 0.2) is 0 Å². The van der Waals surface area contributed by atoms with Gasteiger partial charge in [0, 0.05) is 29.9 Å². The molecule has 1 aromatic carbocycles. The van der Waals surface area contributed by atoms with Crippen molar-refractivity contribution in [3.05, 3.63) is 23.8 Å². The minimum absolute atomic E-state index is 0.184. The molecule has 4 heteroatoms. The molecule has 0 amide bonds. The SMILES string of the molecule is CCCNC(C)c1c(OC)cccc1N(CCO)C1CC1. The Morgan fingerprint density at radius 2 is 2.19 bits per heavy atom. The fraction of sp³-hybridized carbons (Fsp3) is 0.647. The highest BCUT2D eigenvalue weighted by Crippen LogP contribution is 2.39. The molecular weight excluding hydrogens is 264 g/mol. The zero-order chi connectivity index (χ0) is 15.2. The highest BCUT2D eigenvalue weighted by atomic mass is 16.5. The van der Waals surface area contributed by atoms with Crippen LogP contribution < -0.4 is 15.0 Å². The molecule has 1 saturated carbocycles. The van der Waals surface area contributed by atoms with Gasteiger partial charge >= 0.3 is 0 Å². The third kappa shape index (κ3) is 3.89. The van der Waals surface area contributed by atoms with Crippen LogP contribution in [0.15, 0.2) is 18.2 Å². The number of benzene rings is 1. The summed E-state index contributed by atoms with van der Waals surface area (Å²) in [5.74, 6) is 0.923. The van der Waals surface area contributed by atoms with Crippen LogP contribution >= 0.6 is 0 Å². The zero-order valence-corrected chi connectivity index (χ0v) is 13.4. The summed E-state index contributed by atoms with van der Waals surface area (Å²) in [5.41, 5.74) is 2.40. The van der Waals surface area contributed by atoms with Crippen molar-refractivity contribution in [2.24, 2.45) is 0 Å². The lowest BCUT2D eigenvalue weighted by Crippen LogP contribution is -2.31. The topological polar surface area (TPSA) is 44.7 Å². The molecule has 118 valence electrons. The lowest BCUT2D eigenvalue weighted by Gasteiger charge is -2.30. The Morgan fingerprint density at radius 1 is 1.43 bits per heavy atom. The van der Waals surface area contributed by atoms with E-state index in [0.29, 0.717) is 12.6 Å². The third-order valence-corrected chi connectivity index (χ3v) is 4.03. The van der Waals surface area contributed by atoms with E-state index in [1.54, 1.807) is 7.11 Å². The van der Waals surface area contributed by atoms with Crippen molar-refractivity contribution in [2.45, 2.75) is 45.2 Å². The first kappa shape index (κ1) is 16.1. The molecule has 1 fully saturated rings. The number of nitrogens with one attached hydrogen (secondary N) is 1. The van der Waals surface area contributed by atoms with Crippen LogP contribution in [-0.2, 0) is 0 Å². The molecule has 0 radical (unpaired) electrons. The molecule has 2 rings (SSSR count). The van der Waals surface area contributed by atoms with Gasteiger partial charge in [-0.15, -0.1) is 0 Å². The van der Waals surface area contributed by atoms with Crippen molar-refractivity contribution in [2.75, 3.05) is 31.7 Å². The lowest BCUT2D eigenvalue weighted by atomic mass is 10.0. The van der Waals surface area contributed by atoms with Crippen LogP contribution in [0.1, 0.15) is 44.7 Å². The minimum Gasteiger partial charge on any atom is -0.496 e. The summed E-state index contributed by atoms with van der Waals surface area (Å²) in [5, 5.41) is 12.9. The van der Waals surface area contributed by atoms with Gasteiger partial charge in [-0.1, -0.05) is 13.0 Å². The molecule has 4 nitrogen and oxygen atoms in total. The number of methoxy groups -OCH3 is 1. The maximum atomic E-state index is 9.38. The molecule has 0 spiro atoms. The van der Waals surface area contributed by atoms with Crippen molar-refractivity contribution >= 4 is 5.69 Å². The molecule has 1 aliphatic rings. The van der Waals surface area contributed by atoms with Gasteiger partial charge in [0.2, 0.25) is 0 Å². The zero-order valence-electron chi connectivity index (χ0n) is 13.4. The van der Waals surface area contributed by atoms with Gasteiger partial charge in [0.05, 0.1) is 13.7 Å². The smallest absolute Gasteiger partial charge is 0.125 e. The van der Waals surface area contributed by atoms with Gasteiger partial charge in [-0.05, 0) is 44.9 Å². The summed E-state index contributed by atoms with van der Waals surface area (Å²) in [7, 11) is 1.72. The van der Waals surface area contributed by atoms with Crippen molar-refractivity contribution in [1.82, 2.24) is 5.32 Å². The van der Waals surface area contributed by atoms with E-state index in [9.17, 15) is 5.11 Å². The number of hydrogen-bond acceptors (Lipinski definition) is 4. The van der Waals surface area contributed by atoms with Gasteiger partial charge in [-0.3, -0.25) is 0 Å². The molecule has 21 heavy (non-hydrogen) atoms. The summed E-state index contributed by atoms with van der Waals surface area (Å²) in [6.45, 7) is 6.21. The van der Waals surface area contributed by atoms with Crippen molar-refractivity contribution in [3.8, 4) is 5.75 Å². The van der Waals surface area contributed by atoms with Crippen LogP contribution in [0.4, 0.5) is 5.69 Å². The second-order valence-corrected chi connectivity index (χ2v) is 5.72. The van der Waals surface area contributed by atoms with E-state index in [0.717, 1.165) is 18.7 Å².